The number of benzene rings is 2. The zero-order valence-electron chi connectivity index (χ0n) is 42.6. The summed E-state index contributed by atoms with van der Waals surface area (Å²) in [5.74, 6) is 2.95. The van der Waals surface area contributed by atoms with Gasteiger partial charge in [-0.05, 0) is 132 Å². The first-order valence-corrected chi connectivity index (χ1v) is 25.8. The molecule has 6 heterocycles. The van der Waals surface area contributed by atoms with E-state index in [0.29, 0.717) is 95.2 Å². The second-order valence-corrected chi connectivity index (χ2v) is 20.5. The van der Waals surface area contributed by atoms with Gasteiger partial charge >= 0.3 is 6.09 Å². The third-order valence-electron chi connectivity index (χ3n) is 15.2. The van der Waals surface area contributed by atoms with Crippen LogP contribution in [0.3, 0.4) is 0 Å². The van der Waals surface area contributed by atoms with Crippen molar-refractivity contribution in [2.75, 3.05) is 62.5 Å². The minimum absolute atomic E-state index is 0.00786. The van der Waals surface area contributed by atoms with Gasteiger partial charge in [0.25, 0.3) is 0 Å². The number of nitrogens with one attached hydrogen (secondary N) is 3. The number of nitrogen functional groups attached to an aromatic ring is 2. The minimum Gasteiger partial charge on any atom is -0.497 e. The quantitative estimate of drug-likeness (QED) is 0.0695. The molecule has 10 rings (SSSR count). The number of ether oxygens (including phenoxy) is 3. The molecule has 0 saturated heterocycles. The fraction of sp³-hybridized carbons (Fsp3) is 0.463. The molecule has 3 amide bonds. The predicted molar refractivity (Wildman–Crippen MR) is 283 cm³/mol. The van der Waals surface area contributed by atoms with E-state index in [1.165, 1.54) is 0 Å². The number of methoxy groups -OCH3 is 2. The van der Waals surface area contributed by atoms with E-state index < -0.39 is 11.7 Å². The van der Waals surface area contributed by atoms with Crippen LogP contribution < -0.4 is 36.9 Å². The molecule has 20 nitrogen and oxygen atoms in total. The number of aryl methyl sites for hydroxylation is 1. The van der Waals surface area contributed by atoms with Crippen LogP contribution >= 0.6 is 0 Å². The molecule has 4 aliphatic rings. The van der Waals surface area contributed by atoms with Crippen LogP contribution in [0.5, 0.6) is 11.5 Å². The van der Waals surface area contributed by atoms with E-state index >= 15 is 0 Å². The first-order valence-electron chi connectivity index (χ1n) is 25.8. The van der Waals surface area contributed by atoms with Crippen molar-refractivity contribution in [3.8, 4) is 11.5 Å². The molecule has 2 aromatic carbocycles. The Kier molecular flexibility index (Phi) is 14.5. The molecule has 2 aliphatic carbocycles. The second-order valence-electron chi connectivity index (χ2n) is 20.5. The van der Waals surface area contributed by atoms with Gasteiger partial charge in [0.15, 0.2) is 34.6 Å². The van der Waals surface area contributed by atoms with E-state index in [2.05, 4.69) is 51.1 Å². The van der Waals surface area contributed by atoms with Crippen molar-refractivity contribution in [2.24, 2.45) is 11.8 Å². The first kappa shape index (κ1) is 49.9. The van der Waals surface area contributed by atoms with Gasteiger partial charge in [0.05, 0.1) is 26.9 Å². The highest BCUT2D eigenvalue weighted by atomic mass is 16.6. The van der Waals surface area contributed by atoms with Crippen molar-refractivity contribution < 1.29 is 28.6 Å². The van der Waals surface area contributed by atoms with Crippen LogP contribution in [0.25, 0.3) is 33.5 Å². The molecule has 2 fully saturated rings. The molecule has 7 N–H and O–H groups in total. The molecule has 0 unspecified atom stereocenters. The Morgan fingerprint density at radius 1 is 0.730 bits per heavy atom. The Morgan fingerprint density at radius 2 is 1.32 bits per heavy atom. The second kappa shape index (κ2) is 21.5. The van der Waals surface area contributed by atoms with Crippen molar-refractivity contribution in [2.45, 2.75) is 109 Å². The molecule has 388 valence electrons. The molecule has 0 bridgehead atoms. The smallest absolute Gasteiger partial charge is 0.410 e. The van der Waals surface area contributed by atoms with E-state index in [-0.39, 0.29) is 35.7 Å². The Labute approximate surface area is 429 Å². The van der Waals surface area contributed by atoms with E-state index in [4.69, 9.17) is 35.6 Å². The summed E-state index contributed by atoms with van der Waals surface area (Å²) in [5, 5.41) is 9.50. The van der Waals surface area contributed by atoms with Gasteiger partial charge in [0.2, 0.25) is 11.8 Å². The summed E-state index contributed by atoms with van der Waals surface area (Å²) in [7, 11) is 3.22. The number of rotatable bonds is 14. The molecule has 6 aromatic rings. The minimum atomic E-state index is -0.784. The molecular weight excluding hydrogens is 941 g/mol. The summed E-state index contributed by atoms with van der Waals surface area (Å²) in [6.45, 7) is 6.24. The Balaban J connectivity index is 0.695. The lowest BCUT2D eigenvalue weighted by Gasteiger charge is -2.31. The molecule has 2 aliphatic heterocycles. The van der Waals surface area contributed by atoms with Crippen molar-refractivity contribution in [3.63, 3.8) is 0 Å². The molecular formula is C54H66N14O6. The molecule has 20 heteroatoms. The molecule has 74 heavy (non-hydrogen) atoms. The number of fused-ring (bicyclic) bond motifs is 2. The highest BCUT2D eigenvalue weighted by Crippen LogP contribution is 2.38. The van der Waals surface area contributed by atoms with Crippen LogP contribution in [-0.2, 0) is 20.7 Å². The lowest BCUT2D eigenvalue weighted by atomic mass is 9.85. The van der Waals surface area contributed by atoms with Crippen molar-refractivity contribution >= 4 is 74.4 Å². The normalized spacial score (nSPS) is 20.4. The summed E-state index contributed by atoms with van der Waals surface area (Å²) in [5.41, 5.74) is 18.9. The van der Waals surface area contributed by atoms with E-state index in [1.807, 2.05) is 62.4 Å². The summed E-state index contributed by atoms with van der Waals surface area (Å²) < 4.78 is 21.4. The number of hydrogen-bond acceptors (Lipinski definition) is 15. The first-order chi connectivity index (χ1) is 35.8. The Morgan fingerprint density at radius 3 is 1.86 bits per heavy atom. The zero-order valence-corrected chi connectivity index (χ0v) is 42.6. The fourth-order valence-electron chi connectivity index (χ4n) is 10.8. The fourth-order valence-corrected chi connectivity index (χ4v) is 10.8. The van der Waals surface area contributed by atoms with Crippen LogP contribution in [0.1, 0.15) is 114 Å². The lowest BCUT2D eigenvalue weighted by molar-refractivity contribution is -0.121. The number of nitrogens with zero attached hydrogens (tertiary/aromatic N) is 9. The Hall–Kier alpha value is -7.61. The highest BCUT2D eigenvalue weighted by Gasteiger charge is 2.33. The topological polar surface area (TPSA) is 257 Å². The molecule has 2 saturated carbocycles. The maximum absolute atomic E-state index is 13.6. The van der Waals surface area contributed by atoms with Gasteiger partial charge in [0, 0.05) is 67.1 Å². The van der Waals surface area contributed by atoms with Gasteiger partial charge < -0.3 is 55.7 Å². The highest BCUT2D eigenvalue weighted by molar-refractivity contribution is 5.93. The maximum Gasteiger partial charge on any atom is 0.410 e. The average Bonchev–Trinajstić information content (AvgIpc) is 4.07. The number of aromatic nitrogens is 8. The largest absolute Gasteiger partial charge is 0.497 e. The lowest BCUT2D eigenvalue weighted by Crippen LogP contribution is -2.40. The monoisotopic (exact) mass is 1010 g/mol. The van der Waals surface area contributed by atoms with Gasteiger partial charge in [-0.2, -0.15) is 0 Å². The number of carbonyl (C=O) groups excluding carboxylic acids is 3. The van der Waals surface area contributed by atoms with Crippen LogP contribution in [0.2, 0.25) is 0 Å². The van der Waals surface area contributed by atoms with Gasteiger partial charge in [-0.15, -0.1) is 0 Å². The SMILES string of the molecule is COc1cccc(NC(=O)[C@H]2CC[C@@H](n3cnc4c(N)nc(C5=CCN(C(=O)OC(C)(C)CCc6ccc(NC(=O)[C@H]7CC[C@@H](n8cnc9c(N)nc(C%10=CCNCC%10)nc98)CC7)cc6OC)CC5)nc43)CC2)c1. The number of imidazole rings is 2. The van der Waals surface area contributed by atoms with Gasteiger partial charge in [-0.1, -0.05) is 24.3 Å². The summed E-state index contributed by atoms with van der Waals surface area (Å²) in [6, 6.07) is 13.4. The molecule has 0 radical (unpaired) electrons. The molecule has 0 spiro atoms. The average molecular weight is 1010 g/mol. The van der Waals surface area contributed by atoms with Crippen molar-refractivity contribution in [3.05, 3.63) is 84.5 Å². The summed E-state index contributed by atoms with van der Waals surface area (Å²) in [6.07, 6.45) is 15.9. The van der Waals surface area contributed by atoms with Crippen LogP contribution in [0.4, 0.5) is 27.8 Å². The van der Waals surface area contributed by atoms with Gasteiger partial charge in [-0.25, -0.2) is 34.7 Å². The standard InChI is InChI=1S/C54H66N14O6/c1-54(2,23-18-32-8-13-38(29-42(32)73-4)61-52(70)36-11-16-39(17-12-36)67-30-58-43-45(55)62-47(64-49(43)67)33-19-24-57-25-20-33)74-53(71)66-26-21-34(22-27-66)48-63-46(56)44-50(65-48)68(31-59-44)40-14-9-35(10-15-40)51(69)60-37-6-5-7-41(28-37)72-3/h5-8,13,19,21,28-31,35-36,39-40,57H,9-12,14-18,20,22-27H2,1-4H3,(H,60,69)(H,61,70)(H2,55,62,64)(H2,56,63,65)/t35-,36-,39+,40+. The van der Waals surface area contributed by atoms with Crippen LogP contribution in [0.15, 0.2) is 67.3 Å². The third kappa shape index (κ3) is 10.9. The predicted octanol–water partition coefficient (Wildman–Crippen LogP) is 7.90. The number of carbonyl (C=O) groups is 3. The maximum atomic E-state index is 13.6. The Bertz CT molecular complexity index is 3130. The molecule has 0 atom stereocenters. The number of hydrogen-bond donors (Lipinski definition) is 5. The van der Waals surface area contributed by atoms with Gasteiger partial charge in [0.1, 0.15) is 28.1 Å². The number of nitrogens with two attached hydrogens (primary N) is 2. The van der Waals surface area contributed by atoms with Crippen LogP contribution in [0, 0.1) is 11.8 Å². The zero-order chi connectivity index (χ0) is 51.5. The summed E-state index contributed by atoms with van der Waals surface area (Å²) in [4.78, 5) is 70.2. The van der Waals surface area contributed by atoms with E-state index in [0.717, 1.165) is 93.2 Å². The summed E-state index contributed by atoms with van der Waals surface area (Å²) >= 11 is 0. The van der Waals surface area contributed by atoms with Crippen molar-refractivity contribution in [1.29, 1.82) is 0 Å². The van der Waals surface area contributed by atoms with E-state index in [9.17, 15) is 14.4 Å². The van der Waals surface area contributed by atoms with E-state index in [1.54, 1.807) is 31.8 Å². The number of amides is 3. The number of anilines is 4. The van der Waals surface area contributed by atoms with Gasteiger partial charge in [-0.3, -0.25) is 9.59 Å². The van der Waals surface area contributed by atoms with Crippen LogP contribution in [-0.4, -0.2) is 108 Å². The van der Waals surface area contributed by atoms with Crippen molar-refractivity contribution in [1.82, 2.24) is 49.3 Å². The third-order valence-corrected chi connectivity index (χ3v) is 15.2. The molecule has 4 aromatic heterocycles.